The number of hydrogen-bond acceptors (Lipinski definition) is 6. The highest BCUT2D eigenvalue weighted by Gasteiger charge is 2.06. The maximum Gasteiger partial charge on any atom is 0.269 e. The lowest BCUT2D eigenvalue weighted by molar-refractivity contribution is -0.384. The number of benzene rings is 2. The van der Waals surface area contributed by atoms with Crippen LogP contribution in [0.3, 0.4) is 0 Å². The number of furan rings is 1. The van der Waals surface area contributed by atoms with Gasteiger partial charge in [-0.3, -0.25) is 10.1 Å². The molecule has 0 N–H and O–H groups in total. The second-order valence-electron chi connectivity index (χ2n) is 5.01. The van der Waals surface area contributed by atoms with Crippen molar-refractivity contribution in [2.45, 2.75) is 16.6 Å². The van der Waals surface area contributed by atoms with Gasteiger partial charge in [0.25, 0.3) is 5.69 Å². The van der Waals surface area contributed by atoms with Crippen LogP contribution < -0.4 is 0 Å². The molecule has 0 unspecified atom stereocenters. The highest BCUT2D eigenvalue weighted by atomic mass is 32.2. The van der Waals surface area contributed by atoms with Crippen molar-refractivity contribution < 1.29 is 14.2 Å². The quantitative estimate of drug-likeness (QED) is 0.343. The Morgan fingerprint density at radius 3 is 2.76 bits per heavy atom. The number of nitrogens with zero attached hydrogens (tertiary/aromatic N) is 2. The Morgan fingerprint density at radius 1 is 1.12 bits per heavy atom. The summed E-state index contributed by atoms with van der Waals surface area (Å²) in [6, 6.07) is 19.8. The van der Waals surface area contributed by atoms with E-state index in [4.69, 9.17) is 9.25 Å². The van der Waals surface area contributed by atoms with E-state index in [0.29, 0.717) is 11.3 Å². The predicted molar refractivity (Wildman–Crippen MR) is 94.8 cm³/mol. The normalized spacial score (nSPS) is 10.9. The van der Waals surface area contributed by atoms with Crippen LogP contribution in [-0.4, -0.2) is 11.1 Å². The SMILES string of the molecule is O=[N+]([O-])c1cccc(CO/N=C\c2ccc(Sc3ccccc3)o2)c1. The van der Waals surface area contributed by atoms with E-state index in [1.807, 2.05) is 36.4 Å². The Balaban J connectivity index is 1.53. The largest absolute Gasteiger partial charge is 0.448 e. The molecule has 7 heteroatoms. The summed E-state index contributed by atoms with van der Waals surface area (Å²) in [5.41, 5.74) is 0.699. The first-order valence-electron chi connectivity index (χ1n) is 7.42. The molecular formula is C18H14N2O4S. The lowest BCUT2D eigenvalue weighted by atomic mass is 10.2. The van der Waals surface area contributed by atoms with E-state index in [0.717, 1.165) is 9.99 Å². The van der Waals surface area contributed by atoms with E-state index in [9.17, 15) is 10.1 Å². The topological polar surface area (TPSA) is 77.9 Å². The lowest BCUT2D eigenvalue weighted by Crippen LogP contribution is -1.92. The van der Waals surface area contributed by atoms with Crippen LogP contribution in [0.15, 0.2) is 86.3 Å². The zero-order valence-corrected chi connectivity index (χ0v) is 13.9. The van der Waals surface area contributed by atoms with Gasteiger partial charge >= 0.3 is 0 Å². The van der Waals surface area contributed by atoms with Gasteiger partial charge in [-0.15, -0.1) is 0 Å². The highest BCUT2D eigenvalue weighted by molar-refractivity contribution is 7.99. The molecule has 6 nitrogen and oxygen atoms in total. The first-order chi connectivity index (χ1) is 12.2. The lowest BCUT2D eigenvalue weighted by Gasteiger charge is -1.99. The molecule has 0 atom stereocenters. The van der Waals surface area contributed by atoms with Crippen molar-refractivity contribution in [1.82, 2.24) is 0 Å². The summed E-state index contributed by atoms with van der Waals surface area (Å²) in [6.45, 7) is 0.143. The van der Waals surface area contributed by atoms with E-state index in [1.54, 1.807) is 18.2 Å². The number of nitro groups is 1. The molecule has 0 aliphatic heterocycles. The summed E-state index contributed by atoms with van der Waals surface area (Å²) in [7, 11) is 0. The molecule has 0 fully saturated rings. The molecule has 0 saturated heterocycles. The van der Waals surface area contributed by atoms with Gasteiger partial charge in [0.05, 0.1) is 4.92 Å². The molecule has 3 aromatic rings. The van der Waals surface area contributed by atoms with Gasteiger partial charge in [-0.2, -0.15) is 0 Å². The number of oxime groups is 1. The predicted octanol–water partition coefficient (Wildman–Crippen LogP) is 4.89. The maximum absolute atomic E-state index is 10.7. The van der Waals surface area contributed by atoms with Crippen LogP contribution in [0.4, 0.5) is 5.69 Å². The van der Waals surface area contributed by atoms with E-state index in [2.05, 4.69) is 5.16 Å². The molecule has 25 heavy (non-hydrogen) atoms. The number of nitro benzene ring substituents is 1. The van der Waals surface area contributed by atoms with Gasteiger partial charge in [-0.25, -0.2) is 0 Å². The van der Waals surface area contributed by atoms with Gasteiger partial charge in [0.2, 0.25) is 0 Å². The Kier molecular flexibility index (Phi) is 5.48. The van der Waals surface area contributed by atoms with Gasteiger partial charge in [0.1, 0.15) is 18.6 Å². The summed E-state index contributed by atoms with van der Waals surface area (Å²) < 4.78 is 5.63. The molecular weight excluding hydrogens is 340 g/mol. The summed E-state index contributed by atoms with van der Waals surface area (Å²) in [5.74, 6) is 0.567. The van der Waals surface area contributed by atoms with Crippen molar-refractivity contribution in [2.75, 3.05) is 0 Å². The third-order valence-electron chi connectivity index (χ3n) is 3.17. The summed E-state index contributed by atoms with van der Waals surface area (Å²) >= 11 is 1.52. The summed E-state index contributed by atoms with van der Waals surface area (Å²) in [5, 5.41) is 15.3. The second-order valence-corrected chi connectivity index (χ2v) is 6.08. The molecule has 0 spiro atoms. The molecule has 0 bridgehead atoms. The van der Waals surface area contributed by atoms with E-state index >= 15 is 0 Å². The standard InChI is InChI=1S/C18H14N2O4S/c21-20(22)15-6-4-5-14(11-15)13-23-19-12-16-9-10-18(24-16)25-17-7-2-1-3-8-17/h1-12H,13H2/b19-12-. The van der Waals surface area contributed by atoms with Crippen molar-refractivity contribution in [2.24, 2.45) is 5.16 Å². The van der Waals surface area contributed by atoms with Crippen LogP contribution >= 0.6 is 11.8 Å². The third kappa shape index (κ3) is 4.95. The fourth-order valence-electron chi connectivity index (χ4n) is 2.02. The zero-order chi connectivity index (χ0) is 17.5. The fourth-order valence-corrected chi connectivity index (χ4v) is 2.82. The smallest absolute Gasteiger partial charge is 0.269 e. The third-order valence-corrected chi connectivity index (χ3v) is 4.10. The minimum atomic E-state index is -0.443. The fraction of sp³-hybridized carbons (Fsp3) is 0.0556. The van der Waals surface area contributed by atoms with Gasteiger partial charge in [0.15, 0.2) is 5.09 Å². The van der Waals surface area contributed by atoms with Crippen LogP contribution in [0.2, 0.25) is 0 Å². The summed E-state index contributed by atoms with van der Waals surface area (Å²) in [4.78, 5) is 16.5. The molecule has 0 radical (unpaired) electrons. The van der Waals surface area contributed by atoms with Gasteiger partial charge < -0.3 is 9.25 Å². The maximum atomic E-state index is 10.7. The van der Waals surface area contributed by atoms with Crippen LogP contribution in [-0.2, 0) is 11.4 Å². The van der Waals surface area contributed by atoms with Crippen LogP contribution in [0.1, 0.15) is 11.3 Å². The van der Waals surface area contributed by atoms with E-state index in [-0.39, 0.29) is 12.3 Å². The zero-order valence-electron chi connectivity index (χ0n) is 13.1. The molecule has 0 aliphatic rings. The molecule has 3 rings (SSSR count). The van der Waals surface area contributed by atoms with Crippen molar-refractivity contribution in [3.63, 3.8) is 0 Å². The number of non-ortho nitro benzene ring substituents is 1. The number of rotatable bonds is 7. The molecule has 0 saturated carbocycles. The van der Waals surface area contributed by atoms with Crippen molar-refractivity contribution in [3.8, 4) is 0 Å². The van der Waals surface area contributed by atoms with Crippen molar-refractivity contribution in [3.05, 3.63) is 88.2 Å². The van der Waals surface area contributed by atoms with Crippen LogP contribution in [0.5, 0.6) is 0 Å². The Hall–Kier alpha value is -3.06. The molecule has 2 aromatic carbocycles. The minimum Gasteiger partial charge on any atom is -0.448 e. The Labute approximate surface area is 148 Å². The van der Waals surface area contributed by atoms with E-state index in [1.165, 1.54) is 30.1 Å². The summed E-state index contributed by atoms with van der Waals surface area (Å²) in [6.07, 6.45) is 1.46. The molecule has 1 aromatic heterocycles. The molecule has 126 valence electrons. The average molecular weight is 354 g/mol. The van der Waals surface area contributed by atoms with Crippen molar-refractivity contribution in [1.29, 1.82) is 0 Å². The van der Waals surface area contributed by atoms with Gasteiger partial charge in [0, 0.05) is 17.0 Å². The van der Waals surface area contributed by atoms with Crippen LogP contribution in [0.25, 0.3) is 0 Å². The highest BCUT2D eigenvalue weighted by Crippen LogP contribution is 2.28. The first kappa shape index (κ1) is 16.8. The van der Waals surface area contributed by atoms with Gasteiger partial charge in [-0.1, -0.05) is 47.2 Å². The monoisotopic (exact) mass is 354 g/mol. The van der Waals surface area contributed by atoms with Crippen molar-refractivity contribution >= 4 is 23.7 Å². The van der Waals surface area contributed by atoms with Gasteiger partial charge in [-0.05, 0) is 29.8 Å². The minimum absolute atomic E-state index is 0.0266. The average Bonchev–Trinajstić information content (AvgIpc) is 3.07. The molecule has 0 aliphatic carbocycles. The van der Waals surface area contributed by atoms with E-state index < -0.39 is 4.92 Å². The number of hydrogen-bond donors (Lipinski definition) is 0. The Morgan fingerprint density at radius 2 is 1.96 bits per heavy atom. The Bertz CT molecular complexity index is 878. The molecule has 1 heterocycles. The molecule has 0 amide bonds. The second kappa shape index (κ2) is 8.16. The first-order valence-corrected chi connectivity index (χ1v) is 8.24. The van der Waals surface area contributed by atoms with Crippen LogP contribution in [0, 0.1) is 10.1 Å².